The number of halogens is 1. The number of nitrogens with one attached hydrogen (secondary N) is 2. The van der Waals surface area contributed by atoms with Crippen LogP contribution in [0.25, 0.3) is 28.2 Å². The largest absolute Gasteiger partial charge is 0.453 e. The number of nitrogens with zero attached hydrogens (tertiary/aromatic N) is 7. The molecular formula is C23H18ClN9O3. The molecule has 0 aliphatic heterocycles. The maximum absolute atomic E-state index is 12.9. The van der Waals surface area contributed by atoms with Gasteiger partial charge in [-0.05, 0) is 52.4 Å². The molecule has 0 bridgehead atoms. The molecule has 0 radical (unpaired) electrons. The number of aromatic amines is 1. The number of rotatable bonds is 6. The summed E-state index contributed by atoms with van der Waals surface area (Å²) < 4.78 is 7.60. The van der Waals surface area contributed by atoms with E-state index in [1.54, 1.807) is 42.7 Å². The number of H-pyrrole nitrogens is 1. The van der Waals surface area contributed by atoms with Crippen molar-refractivity contribution in [1.82, 2.24) is 39.7 Å². The van der Waals surface area contributed by atoms with Crippen LogP contribution in [0.15, 0.2) is 72.2 Å². The Bertz CT molecular complexity index is 1580. The minimum absolute atomic E-state index is 0.218. The Balaban J connectivity index is 1.36. The fourth-order valence-corrected chi connectivity index (χ4v) is 3.72. The number of aromatic nitrogens is 8. The van der Waals surface area contributed by atoms with Gasteiger partial charge in [0.25, 0.3) is 5.56 Å². The second-order valence-electron chi connectivity index (χ2n) is 7.59. The zero-order chi connectivity index (χ0) is 25.1. The summed E-state index contributed by atoms with van der Waals surface area (Å²) in [6.45, 7) is 0.233. The number of methoxy groups -OCH3 is 1. The third-order valence-electron chi connectivity index (χ3n) is 5.28. The number of carbonyl (C=O) groups is 1. The Labute approximate surface area is 208 Å². The standard InChI is InChI=1S/C23H18ClN9O3/c1-36-23(35)28-16-3-4-18(25-10-16)19-11-26-21(29-19)12-32-7-6-14(8-22(32)34)17-9-15(24)2-5-20(17)33-13-27-30-31-33/h2-11,13H,12H2,1H3,(H,26,29)(H,28,35). The fraction of sp³-hybridized carbons (Fsp3) is 0.0870. The van der Waals surface area contributed by atoms with Crippen molar-refractivity contribution < 1.29 is 9.53 Å². The van der Waals surface area contributed by atoms with Gasteiger partial charge in [0.1, 0.15) is 12.2 Å². The van der Waals surface area contributed by atoms with Crippen molar-refractivity contribution in [1.29, 1.82) is 0 Å². The number of hydrogen-bond acceptors (Lipinski definition) is 8. The highest BCUT2D eigenvalue weighted by molar-refractivity contribution is 6.31. The van der Waals surface area contributed by atoms with Crippen LogP contribution in [0, 0.1) is 0 Å². The van der Waals surface area contributed by atoms with E-state index in [0.29, 0.717) is 39.2 Å². The highest BCUT2D eigenvalue weighted by Crippen LogP contribution is 2.28. The molecule has 1 aromatic carbocycles. The van der Waals surface area contributed by atoms with E-state index < -0.39 is 6.09 Å². The maximum atomic E-state index is 12.9. The summed E-state index contributed by atoms with van der Waals surface area (Å²) in [7, 11) is 1.29. The Hall–Kier alpha value is -4.84. The third-order valence-corrected chi connectivity index (χ3v) is 5.52. The first-order valence-electron chi connectivity index (χ1n) is 10.6. The zero-order valence-electron chi connectivity index (χ0n) is 18.8. The van der Waals surface area contributed by atoms with Crippen molar-refractivity contribution in [2.24, 2.45) is 0 Å². The lowest BCUT2D eigenvalue weighted by Crippen LogP contribution is -2.19. The predicted octanol–water partition coefficient (Wildman–Crippen LogP) is 3.16. The van der Waals surface area contributed by atoms with Gasteiger partial charge in [-0.3, -0.25) is 15.1 Å². The number of pyridine rings is 2. The minimum atomic E-state index is -0.577. The molecule has 0 saturated carbocycles. The molecule has 0 unspecified atom stereocenters. The van der Waals surface area contributed by atoms with Crippen LogP contribution in [0.4, 0.5) is 10.5 Å². The summed E-state index contributed by atoms with van der Waals surface area (Å²) in [5.41, 5.74) is 3.67. The molecule has 0 atom stereocenters. The van der Waals surface area contributed by atoms with E-state index in [9.17, 15) is 9.59 Å². The molecule has 2 N–H and O–H groups in total. The molecule has 0 spiro atoms. The van der Waals surface area contributed by atoms with Crippen LogP contribution in [0.3, 0.4) is 0 Å². The van der Waals surface area contributed by atoms with E-state index in [0.717, 1.165) is 5.56 Å². The summed E-state index contributed by atoms with van der Waals surface area (Å²) in [6.07, 6.45) is 5.73. The van der Waals surface area contributed by atoms with E-state index in [-0.39, 0.29) is 12.1 Å². The lowest BCUT2D eigenvalue weighted by Gasteiger charge is -2.11. The summed E-state index contributed by atoms with van der Waals surface area (Å²) >= 11 is 6.21. The molecule has 180 valence electrons. The lowest BCUT2D eigenvalue weighted by molar-refractivity contribution is 0.187. The monoisotopic (exact) mass is 503 g/mol. The van der Waals surface area contributed by atoms with Crippen molar-refractivity contribution in [3.63, 3.8) is 0 Å². The number of benzene rings is 1. The first-order chi connectivity index (χ1) is 17.5. The van der Waals surface area contributed by atoms with E-state index in [4.69, 9.17) is 11.6 Å². The van der Waals surface area contributed by atoms with Gasteiger partial charge in [0.15, 0.2) is 0 Å². The number of carbonyl (C=O) groups excluding carboxylic acids is 1. The fourth-order valence-electron chi connectivity index (χ4n) is 3.55. The summed E-state index contributed by atoms with van der Waals surface area (Å²) in [5, 5.41) is 14.3. The molecule has 0 aliphatic rings. The molecule has 5 rings (SSSR count). The van der Waals surface area contributed by atoms with Crippen LogP contribution in [0.5, 0.6) is 0 Å². The average Bonchev–Trinajstić information content (AvgIpc) is 3.58. The molecular weight excluding hydrogens is 486 g/mol. The molecule has 4 aromatic heterocycles. The molecule has 5 aromatic rings. The van der Waals surface area contributed by atoms with Crippen LogP contribution in [-0.2, 0) is 11.3 Å². The van der Waals surface area contributed by atoms with Gasteiger partial charge in [-0.1, -0.05) is 11.6 Å². The molecule has 0 fully saturated rings. The Kier molecular flexibility index (Phi) is 6.24. The van der Waals surface area contributed by atoms with Crippen molar-refractivity contribution in [2.45, 2.75) is 6.54 Å². The first kappa shape index (κ1) is 22.9. The quantitative estimate of drug-likeness (QED) is 0.359. The normalized spacial score (nSPS) is 10.8. The SMILES string of the molecule is COC(=O)Nc1ccc(-c2cnc(Cn3ccc(-c4cc(Cl)ccc4-n4cnnn4)cc3=O)[nH]2)nc1. The predicted molar refractivity (Wildman–Crippen MR) is 131 cm³/mol. The van der Waals surface area contributed by atoms with Gasteiger partial charge in [0.05, 0.1) is 48.8 Å². The smallest absolute Gasteiger partial charge is 0.411 e. The zero-order valence-corrected chi connectivity index (χ0v) is 19.5. The van der Waals surface area contributed by atoms with Crippen LogP contribution in [-0.4, -0.2) is 52.9 Å². The van der Waals surface area contributed by atoms with E-state index in [1.165, 1.54) is 34.9 Å². The Morgan fingerprint density at radius 1 is 1.14 bits per heavy atom. The van der Waals surface area contributed by atoms with Crippen LogP contribution < -0.4 is 10.9 Å². The van der Waals surface area contributed by atoms with Crippen molar-refractivity contribution in [3.05, 3.63) is 88.6 Å². The van der Waals surface area contributed by atoms with Gasteiger partial charge < -0.3 is 14.3 Å². The molecule has 1 amide bonds. The highest BCUT2D eigenvalue weighted by Gasteiger charge is 2.12. The second kappa shape index (κ2) is 9.80. The van der Waals surface area contributed by atoms with E-state index in [1.807, 2.05) is 6.07 Å². The van der Waals surface area contributed by atoms with Crippen LogP contribution >= 0.6 is 11.6 Å². The molecule has 12 nitrogen and oxygen atoms in total. The molecule has 0 aliphatic carbocycles. The summed E-state index contributed by atoms with van der Waals surface area (Å²) in [5.74, 6) is 0.579. The third kappa shape index (κ3) is 4.83. The highest BCUT2D eigenvalue weighted by atomic mass is 35.5. The van der Waals surface area contributed by atoms with Gasteiger partial charge >= 0.3 is 6.09 Å². The minimum Gasteiger partial charge on any atom is -0.453 e. The van der Waals surface area contributed by atoms with Gasteiger partial charge in [-0.2, -0.15) is 4.68 Å². The number of ether oxygens (including phenoxy) is 1. The average molecular weight is 504 g/mol. The number of tetrazole rings is 1. The van der Waals surface area contributed by atoms with Gasteiger partial charge in [-0.25, -0.2) is 9.78 Å². The first-order valence-corrected chi connectivity index (χ1v) is 11.0. The maximum Gasteiger partial charge on any atom is 0.411 e. The number of hydrogen-bond donors (Lipinski definition) is 2. The molecule has 4 heterocycles. The Morgan fingerprint density at radius 2 is 2.03 bits per heavy atom. The molecule has 36 heavy (non-hydrogen) atoms. The van der Waals surface area contributed by atoms with Gasteiger partial charge in [0.2, 0.25) is 0 Å². The van der Waals surface area contributed by atoms with Crippen LogP contribution in [0.2, 0.25) is 5.02 Å². The lowest BCUT2D eigenvalue weighted by atomic mass is 10.0. The molecule has 13 heteroatoms. The summed E-state index contributed by atoms with van der Waals surface area (Å²) in [6, 6.07) is 12.1. The Morgan fingerprint density at radius 3 is 2.75 bits per heavy atom. The van der Waals surface area contributed by atoms with Crippen LogP contribution in [0.1, 0.15) is 5.82 Å². The topological polar surface area (TPSA) is 146 Å². The van der Waals surface area contributed by atoms with E-state index >= 15 is 0 Å². The van der Waals surface area contributed by atoms with Gasteiger partial charge in [-0.15, -0.1) is 5.10 Å². The van der Waals surface area contributed by atoms with Crippen molar-refractivity contribution in [3.8, 4) is 28.2 Å². The number of anilines is 1. The van der Waals surface area contributed by atoms with Crippen molar-refractivity contribution >= 4 is 23.4 Å². The summed E-state index contributed by atoms with van der Waals surface area (Å²) in [4.78, 5) is 36.1. The molecule has 0 saturated heterocycles. The van der Waals surface area contributed by atoms with Gasteiger partial charge in [0, 0.05) is 22.8 Å². The van der Waals surface area contributed by atoms with Crippen molar-refractivity contribution in [2.75, 3.05) is 12.4 Å². The second-order valence-corrected chi connectivity index (χ2v) is 8.03. The number of imidazole rings is 1. The van der Waals surface area contributed by atoms with E-state index in [2.05, 4.69) is 40.5 Å². The number of amides is 1.